The van der Waals surface area contributed by atoms with Crippen LogP contribution in [0.5, 0.6) is 0 Å². The SMILES string of the molecule is O=CC(CC(=O)N1CCC[C@H]1C(=O)O)C(F)(F)F. The van der Waals surface area contributed by atoms with Crippen molar-refractivity contribution in [3.05, 3.63) is 0 Å². The molecule has 1 aliphatic rings. The first-order chi connectivity index (χ1) is 8.27. The Morgan fingerprint density at radius 2 is 2.06 bits per heavy atom. The van der Waals surface area contributed by atoms with Crippen LogP contribution in [0.2, 0.25) is 0 Å². The third kappa shape index (κ3) is 3.21. The number of carbonyl (C=O) groups is 3. The number of likely N-dealkylation sites (tertiary alicyclic amines) is 1. The molecule has 0 aromatic carbocycles. The fraction of sp³-hybridized carbons (Fsp3) is 0.700. The fourth-order valence-electron chi connectivity index (χ4n) is 1.87. The molecular weight excluding hydrogens is 255 g/mol. The smallest absolute Gasteiger partial charge is 0.398 e. The zero-order valence-electron chi connectivity index (χ0n) is 9.31. The molecule has 1 aliphatic heterocycles. The number of rotatable bonds is 4. The van der Waals surface area contributed by atoms with E-state index in [4.69, 9.17) is 5.11 Å². The minimum absolute atomic E-state index is 0.110. The van der Waals surface area contributed by atoms with Crippen LogP contribution in [0.25, 0.3) is 0 Å². The van der Waals surface area contributed by atoms with Crippen LogP contribution in [0.3, 0.4) is 0 Å². The summed E-state index contributed by atoms with van der Waals surface area (Å²) in [4.78, 5) is 33.6. The number of nitrogens with zero attached hydrogens (tertiary/aromatic N) is 1. The largest absolute Gasteiger partial charge is 0.480 e. The van der Waals surface area contributed by atoms with Gasteiger partial charge < -0.3 is 14.8 Å². The Balaban J connectivity index is 2.70. The monoisotopic (exact) mass is 267 g/mol. The molecule has 1 unspecified atom stereocenters. The molecule has 8 heteroatoms. The van der Waals surface area contributed by atoms with Gasteiger partial charge in [-0.1, -0.05) is 0 Å². The third-order valence-corrected chi connectivity index (χ3v) is 2.84. The lowest BCUT2D eigenvalue weighted by atomic mass is 10.1. The number of halogens is 3. The summed E-state index contributed by atoms with van der Waals surface area (Å²) in [7, 11) is 0. The molecular formula is C10H12F3NO4. The van der Waals surface area contributed by atoms with Crippen LogP contribution in [-0.4, -0.2) is 46.9 Å². The number of aliphatic carboxylic acids is 1. The van der Waals surface area contributed by atoms with Crippen LogP contribution < -0.4 is 0 Å². The van der Waals surface area contributed by atoms with Gasteiger partial charge in [-0.25, -0.2) is 4.79 Å². The number of hydrogen-bond donors (Lipinski definition) is 1. The normalized spacial score (nSPS) is 21.7. The van der Waals surface area contributed by atoms with Crippen LogP contribution >= 0.6 is 0 Å². The molecule has 0 aromatic heterocycles. The fourth-order valence-corrected chi connectivity index (χ4v) is 1.87. The maximum Gasteiger partial charge on any atom is 0.398 e. The van der Waals surface area contributed by atoms with Gasteiger partial charge in [-0.05, 0) is 12.8 Å². The van der Waals surface area contributed by atoms with Gasteiger partial charge in [-0.15, -0.1) is 0 Å². The first-order valence-corrected chi connectivity index (χ1v) is 5.31. The van der Waals surface area contributed by atoms with Crippen LogP contribution in [0.4, 0.5) is 13.2 Å². The average molecular weight is 267 g/mol. The van der Waals surface area contributed by atoms with Gasteiger partial charge in [0.25, 0.3) is 0 Å². The molecule has 1 saturated heterocycles. The zero-order valence-corrected chi connectivity index (χ0v) is 9.31. The number of carbonyl (C=O) groups excluding carboxylic acids is 2. The second kappa shape index (κ2) is 5.36. The van der Waals surface area contributed by atoms with Crippen molar-refractivity contribution in [2.24, 2.45) is 5.92 Å². The van der Waals surface area contributed by atoms with Crippen molar-refractivity contribution < 1.29 is 32.7 Å². The Morgan fingerprint density at radius 3 is 2.50 bits per heavy atom. The van der Waals surface area contributed by atoms with Crippen molar-refractivity contribution in [3.8, 4) is 0 Å². The predicted octanol–water partition coefficient (Wildman–Crippen LogP) is 0.829. The first-order valence-electron chi connectivity index (χ1n) is 5.31. The molecule has 0 saturated carbocycles. The highest BCUT2D eigenvalue weighted by Gasteiger charge is 2.43. The van der Waals surface area contributed by atoms with Gasteiger partial charge in [0.1, 0.15) is 18.2 Å². The minimum Gasteiger partial charge on any atom is -0.480 e. The van der Waals surface area contributed by atoms with E-state index in [1.54, 1.807) is 0 Å². The Morgan fingerprint density at radius 1 is 1.44 bits per heavy atom. The van der Waals surface area contributed by atoms with Gasteiger partial charge in [0.05, 0.1) is 0 Å². The van der Waals surface area contributed by atoms with Crippen molar-refractivity contribution in [1.82, 2.24) is 4.90 Å². The molecule has 0 aliphatic carbocycles. The van der Waals surface area contributed by atoms with Crippen molar-refractivity contribution in [3.63, 3.8) is 0 Å². The van der Waals surface area contributed by atoms with E-state index in [9.17, 15) is 27.6 Å². The highest BCUT2D eigenvalue weighted by molar-refractivity contribution is 5.85. The quantitative estimate of drug-likeness (QED) is 0.765. The Bertz CT molecular complexity index is 356. The van der Waals surface area contributed by atoms with E-state index in [0.29, 0.717) is 6.42 Å². The average Bonchev–Trinajstić information content (AvgIpc) is 2.72. The summed E-state index contributed by atoms with van der Waals surface area (Å²) in [6.07, 6.45) is -5.49. The van der Waals surface area contributed by atoms with Crippen LogP contribution in [0, 0.1) is 5.92 Å². The minimum atomic E-state index is -4.78. The van der Waals surface area contributed by atoms with E-state index in [1.807, 2.05) is 0 Å². The molecule has 2 atom stereocenters. The van der Waals surface area contributed by atoms with Crippen molar-refractivity contribution in [1.29, 1.82) is 0 Å². The molecule has 1 N–H and O–H groups in total. The maximum absolute atomic E-state index is 12.3. The molecule has 5 nitrogen and oxygen atoms in total. The van der Waals surface area contributed by atoms with Crippen LogP contribution in [-0.2, 0) is 14.4 Å². The Labute approximate surface area is 101 Å². The van der Waals surface area contributed by atoms with E-state index in [-0.39, 0.29) is 19.3 Å². The van der Waals surface area contributed by atoms with Crippen molar-refractivity contribution >= 4 is 18.2 Å². The van der Waals surface area contributed by atoms with E-state index in [2.05, 4.69) is 0 Å². The standard InChI is InChI=1S/C10H12F3NO4/c11-10(12,13)6(5-15)4-8(16)14-3-1-2-7(14)9(17)18/h5-7H,1-4H2,(H,17,18)/t6?,7-/m0/s1. The lowest BCUT2D eigenvalue weighted by molar-refractivity contribution is -0.180. The maximum atomic E-state index is 12.3. The summed E-state index contributed by atoms with van der Waals surface area (Å²) in [5, 5.41) is 8.80. The second-order valence-corrected chi connectivity index (χ2v) is 4.07. The molecule has 0 radical (unpaired) electrons. The molecule has 1 rings (SSSR count). The van der Waals surface area contributed by atoms with Crippen molar-refractivity contribution in [2.75, 3.05) is 6.54 Å². The molecule has 18 heavy (non-hydrogen) atoms. The van der Waals surface area contributed by atoms with Gasteiger partial charge in [-0.3, -0.25) is 4.79 Å². The summed E-state index contributed by atoms with van der Waals surface area (Å²) >= 11 is 0. The predicted molar refractivity (Wildman–Crippen MR) is 52.6 cm³/mol. The number of alkyl halides is 3. The van der Waals surface area contributed by atoms with Gasteiger partial charge in [-0.2, -0.15) is 13.2 Å². The molecule has 102 valence electrons. The number of carboxylic acids is 1. The topological polar surface area (TPSA) is 74.7 Å². The summed E-state index contributed by atoms with van der Waals surface area (Å²) < 4.78 is 36.9. The van der Waals surface area contributed by atoms with Gasteiger partial charge in [0, 0.05) is 13.0 Å². The van der Waals surface area contributed by atoms with E-state index >= 15 is 0 Å². The third-order valence-electron chi connectivity index (χ3n) is 2.84. The molecule has 1 fully saturated rings. The Hall–Kier alpha value is -1.60. The van der Waals surface area contributed by atoms with Gasteiger partial charge in [0.15, 0.2) is 0 Å². The van der Waals surface area contributed by atoms with Crippen LogP contribution in [0.1, 0.15) is 19.3 Å². The Kier molecular flexibility index (Phi) is 4.31. The summed E-state index contributed by atoms with van der Waals surface area (Å²) in [6.45, 7) is 0.110. The first kappa shape index (κ1) is 14.5. The highest BCUT2D eigenvalue weighted by Crippen LogP contribution is 2.29. The number of amides is 1. The lowest BCUT2D eigenvalue weighted by Crippen LogP contribution is -2.42. The number of aldehydes is 1. The molecule has 1 heterocycles. The highest BCUT2D eigenvalue weighted by atomic mass is 19.4. The molecule has 0 aromatic rings. The molecule has 0 bridgehead atoms. The van der Waals surface area contributed by atoms with Crippen LogP contribution in [0.15, 0.2) is 0 Å². The summed E-state index contributed by atoms with van der Waals surface area (Å²) in [5.41, 5.74) is 0. The van der Waals surface area contributed by atoms with E-state index in [0.717, 1.165) is 4.90 Å². The van der Waals surface area contributed by atoms with Gasteiger partial charge in [0.2, 0.25) is 5.91 Å². The number of carboxylic acid groups (broad SMARTS) is 1. The lowest BCUT2D eigenvalue weighted by Gasteiger charge is -2.23. The van der Waals surface area contributed by atoms with Crippen molar-refractivity contribution in [2.45, 2.75) is 31.5 Å². The number of hydrogen-bond acceptors (Lipinski definition) is 3. The van der Waals surface area contributed by atoms with Gasteiger partial charge >= 0.3 is 12.1 Å². The van der Waals surface area contributed by atoms with E-state index in [1.165, 1.54) is 0 Å². The molecule has 0 spiro atoms. The zero-order chi connectivity index (χ0) is 13.9. The second-order valence-electron chi connectivity index (χ2n) is 4.07. The summed E-state index contributed by atoms with van der Waals surface area (Å²) in [5.74, 6) is -4.56. The summed E-state index contributed by atoms with van der Waals surface area (Å²) in [6, 6.07) is -1.09. The van der Waals surface area contributed by atoms with E-state index < -0.39 is 36.4 Å². The molecule has 1 amide bonds.